The highest BCUT2D eigenvalue weighted by atomic mass is 33.1. The van der Waals surface area contributed by atoms with Gasteiger partial charge in [-0.05, 0) is 41.5 Å². The average molecular weight is 215 g/mol. The molecule has 0 saturated heterocycles. The molecule has 0 aromatic heterocycles. The highest BCUT2D eigenvalue weighted by Crippen LogP contribution is 2.32. The van der Waals surface area contributed by atoms with Crippen molar-refractivity contribution in [2.24, 2.45) is 0 Å². The molecule has 0 fully saturated rings. The summed E-state index contributed by atoms with van der Waals surface area (Å²) in [6.45, 7) is 1.94. The van der Waals surface area contributed by atoms with E-state index in [-0.39, 0.29) is 5.82 Å². The number of benzene rings is 1. The van der Waals surface area contributed by atoms with Crippen LogP contribution in [0.15, 0.2) is 29.2 Å². The molecule has 0 radical (unpaired) electrons. The summed E-state index contributed by atoms with van der Waals surface area (Å²) >= 11 is 0. The van der Waals surface area contributed by atoms with Crippen LogP contribution in [0, 0.1) is 11.2 Å². The zero-order chi connectivity index (χ0) is 9.68. The molecule has 0 aliphatic carbocycles. The van der Waals surface area contributed by atoms with Gasteiger partial charge in [0.15, 0.2) is 0 Å². The number of hydrogen-bond donors (Lipinski definition) is 1. The van der Waals surface area contributed by atoms with E-state index in [2.05, 4.69) is 0 Å². The van der Waals surface area contributed by atoms with Crippen LogP contribution in [0.2, 0.25) is 0 Å². The number of halogens is 1. The highest BCUT2D eigenvalue weighted by Gasteiger charge is 1.98. The molecule has 4 heteroatoms. The summed E-state index contributed by atoms with van der Waals surface area (Å²) in [5, 5.41) is 8.03. The first kappa shape index (κ1) is 10.6. The Labute approximate surface area is 85.0 Å². The average Bonchev–Trinajstić information content (AvgIpc) is 2.16. The largest absolute Gasteiger partial charge is 0.298 e. The topological polar surface area (TPSA) is 23.9 Å². The van der Waals surface area contributed by atoms with E-state index in [1.54, 1.807) is 12.1 Å². The minimum atomic E-state index is -0.222. The molecule has 0 atom stereocenters. The summed E-state index contributed by atoms with van der Waals surface area (Å²) in [7, 11) is 2.90. The Bertz CT molecular complexity index is 284. The van der Waals surface area contributed by atoms with Gasteiger partial charge in [-0.15, -0.1) is 0 Å². The van der Waals surface area contributed by atoms with Crippen LogP contribution >= 0.6 is 21.6 Å². The lowest BCUT2D eigenvalue weighted by molar-refractivity contribution is 0.626. The third-order valence-corrected chi connectivity index (χ3v) is 3.84. The van der Waals surface area contributed by atoms with Crippen LogP contribution in [0.5, 0.6) is 0 Å². The molecule has 1 N–H and O–H groups in total. The molecule has 0 spiro atoms. The third kappa shape index (κ3) is 3.83. The van der Waals surface area contributed by atoms with Crippen LogP contribution in [0.3, 0.4) is 0 Å². The van der Waals surface area contributed by atoms with Crippen molar-refractivity contribution < 1.29 is 4.39 Å². The standard InChI is InChI=1S/C9H10FNS2/c1-2-9(11)13-12-8-5-3-7(10)4-6-8/h3-6,11H,2H2,1H3. The zero-order valence-corrected chi connectivity index (χ0v) is 8.84. The summed E-state index contributed by atoms with van der Waals surface area (Å²) < 4.78 is 12.5. The van der Waals surface area contributed by atoms with Crippen LogP contribution in [0.1, 0.15) is 13.3 Å². The van der Waals surface area contributed by atoms with Gasteiger partial charge in [0.25, 0.3) is 0 Å². The van der Waals surface area contributed by atoms with Crippen LogP contribution < -0.4 is 0 Å². The number of nitrogens with one attached hydrogen (secondary N) is 1. The molecule has 0 heterocycles. The highest BCUT2D eigenvalue weighted by molar-refractivity contribution is 8.82. The number of hydrogen-bond acceptors (Lipinski definition) is 3. The van der Waals surface area contributed by atoms with Crippen molar-refractivity contribution in [3.63, 3.8) is 0 Å². The van der Waals surface area contributed by atoms with Gasteiger partial charge in [0.05, 0.1) is 5.04 Å². The Morgan fingerprint density at radius 2 is 2.00 bits per heavy atom. The lowest BCUT2D eigenvalue weighted by Crippen LogP contribution is -1.81. The van der Waals surface area contributed by atoms with Gasteiger partial charge in [0.1, 0.15) is 5.82 Å². The molecule has 1 aromatic carbocycles. The Hall–Kier alpha value is -0.480. The summed E-state index contributed by atoms with van der Waals surface area (Å²) in [6, 6.07) is 6.29. The van der Waals surface area contributed by atoms with E-state index in [0.29, 0.717) is 5.04 Å². The molecule has 0 amide bonds. The van der Waals surface area contributed by atoms with Gasteiger partial charge in [-0.3, -0.25) is 5.41 Å². The van der Waals surface area contributed by atoms with Crippen molar-refractivity contribution >= 4 is 26.6 Å². The zero-order valence-electron chi connectivity index (χ0n) is 7.21. The van der Waals surface area contributed by atoms with Crippen molar-refractivity contribution in [3.8, 4) is 0 Å². The van der Waals surface area contributed by atoms with Gasteiger partial charge >= 0.3 is 0 Å². The molecule has 1 nitrogen and oxygen atoms in total. The molecular weight excluding hydrogens is 205 g/mol. The molecule has 0 aliphatic heterocycles. The Morgan fingerprint density at radius 1 is 1.38 bits per heavy atom. The third-order valence-electron chi connectivity index (χ3n) is 1.37. The van der Waals surface area contributed by atoms with E-state index in [1.165, 1.54) is 33.7 Å². The molecule has 70 valence electrons. The van der Waals surface area contributed by atoms with Crippen LogP contribution in [0.4, 0.5) is 4.39 Å². The minimum absolute atomic E-state index is 0.222. The molecule has 1 rings (SSSR count). The fourth-order valence-electron chi connectivity index (χ4n) is 0.647. The summed E-state index contributed by atoms with van der Waals surface area (Å²) in [4.78, 5) is 0.976. The van der Waals surface area contributed by atoms with Crippen molar-refractivity contribution in [2.45, 2.75) is 18.2 Å². The SMILES string of the molecule is CCC(=N)SSc1ccc(F)cc1. The lowest BCUT2D eigenvalue weighted by Gasteiger charge is -1.99. The Morgan fingerprint density at radius 3 is 2.54 bits per heavy atom. The van der Waals surface area contributed by atoms with Crippen molar-refractivity contribution in [1.82, 2.24) is 0 Å². The van der Waals surface area contributed by atoms with Gasteiger partial charge in [0, 0.05) is 4.90 Å². The van der Waals surface area contributed by atoms with Gasteiger partial charge in [-0.25, -0.2) is 4.39 Å². The van der Waals surface area contributed by atoms with Crippen molar-refractivity contribution in [3.05, 3.63) is 30.1 Å². The second-order valence-electron chi connectivity index (χ2n) is 2.40. The Kier molecular flexibility index (Phi) is 4.32. The molecule has 1 aromatic rings. The first-order chi connectivity index (χ1) is 6.22. The first-order valence-corrected chi connectivity index (χ1v) is 6.05. The smallest absolute Gasteiger partial charge is 0.123 e. The van der Waals surface area contributed by atoms with Crippen molar-refractivity contribution in [1.29, 1.82) is 5.41 Å². The van der Waals surface area contributed by atoms with Gasteiger partial charge in [0.2, 0.25) is 0 Å². The minimum Gasteiger partial charge on any atom is -0.298 e. The van der Waals surface area contributed by atoms with Crippen LogP contribution in [-0.4, -0.2) is 5.04 Å². The van der Waals surface area contributed by atoms with E-state index in [0.717, 1.165) is 11.3 Å². The summed E-state index contributed by atoms with van der Waals surface area (Å²) in [5.74, 6) is -0.222. The van der Waals surface area contributed by atoms with E-state index in [4.69, 9.17) is 5.41 Å². The fraction of sp³-hybridized carbons (Fsp3) is 0.222. The molecule has 0 bridgehead atoms. The second-order valence-corrected chi connectivity index (χ2v) is 4.69. The van der Waals surface area contributed by atoms with Crippen LogP contribution in [-0.2, 0) is 0 Å². The van der Waals surface area contributed by atoms with Gasteiger partial charge in [-0.2, -0.15) is 0 Å². The molecule has 0 unspecified atom stereocenters. The van der Waals surface area contributed by atoms with Crippen molar-refractivity contribution in [2.75, 3.05) is 0 Å². The molecule has 0 saturated carbocycles. The molecular formula is C9H10FNS2. The monoisotopic (exact) mass is 215 g/mol. The molecule has 0 aliphatic rings. The maximum absolute atomic E-state index is 12.5. The summed E-state index contributed by atoms with van der Waals surface area (Å²) in [5.41, 5.74) is 0. The van der Waals surface area contributed by atoms with E-state index in [9.17, 15) is 4.39 Å². The Balaban J connectivity index is 2.46. The second kappa shape index (κ2) is 5.29. The number of rotatable bonds is 3. The van der Waals surface area contributed by atoms with E-state index < -0.39 is 0 Å². The maximum atomic E-state index is 12.5. The predicted molar refractivity (Wildman–Crippen MR) is 57.9 cm³/mol. The van der Waals surface area contributed by atoms with E-state index >= 15 is 0 Å². The quantitative estimate of drug-likeness (QED) is 0.469. The first-order valence-electron chi connectivity index (χ1n) is 3.90. The fourth-order valence-corrected chi connectivity index (χ4v) is 2.49. The van der Waals surface area contributed by atoms with Gasteiger partial charge in [-0.1, -0.05) is 17.7 Å². The normalized spacial score (nSPS) is 10.0. The lowest BCUT2D eigenvalue weighted by atomic mass is 10.4. The van der Waals surface area contributed by atoms with E-state index in [1.807, 2.05) is 6.92 Å². The summed E-state index contributed by atoms with van der Waals surface area (Å²) in [6.07, 6.45) is 0.749. The maximum Gasteiger partial charge on any atom is 0.123 e. The van der Waals surface area contributed by atoms with Gasteiger partial charge < -0.3 is 0 Å². The molecule has 13 heavy (non-hydrogen) atoms. The van der Waals surface area contributed by atoms with Crippen LogP contribution in [0.25, 0.3) is 0 Å². The predicted octanol–water partition coefficient (Wildman–Crippen LogP) is 3.95.